The van der Waals surface area contributed by atoms with E-state index in [9.17, 15) is 9.59 Å². The van der Waals surface area contributed by atoms with Gasteiger partial charge in [0.1, 0.15) is 12.4 Å². The van der Waals surface area contributed by atoms with Crippen molar-refractivity contribution in [3.05, 3.63) is 29.8 Å². The van der Waals surface area contributed by atoms with Gasteiger partial charge in [-0.25, -0.2) is 5.84 Å². The van der Waals surface area contributed by atoms with E-state index in [0.717, 1.165) is 12.8 Å². The van der Waals surface area contributed by atoms with Crippen LogP contribution in [-0.4, -0.2) is 50.1 Å². The third kappa shape index (κ3) is 4.43. The van der Waals surface area contributed by atoms with Crippen LogP contribution in [0.4, 0.5) is 0 Å². The van der Waals surface area contributed by atoms with E-state index in [-0.39, 0.29) is 17.7 Å². The third-order valence-corrected chi connectivity index (χ3v) is 3.88. The van der Waals surface area contributed by atoms with Crippen LogP contribution in [0.2, 0.25) is 0 Å². The Bertz CT molecular complexity index is 550. The summed E-state index contributed by atoms with van der Waals surface area (Å²) in [5.74, 6) is 5.09. The number of carbonyl (C=O) groups excluding carboxylic acids is 2. The maximum atomic E-state index is 12.8. The van der Waals surface area contributed by atoms with E-state index < -0.39 is 0 Å². The zero-order valence-corrected chi connectivity index (χ0v) is 13.3. The van der Waals surface area contributed by atoms with Gasteiger partial charge >= 0.3 is 0 Å². The van der Waals surface area contributed by atoms with Crippen LogP contribution in [0.25, 0.3) is 0 Å². The molecular weight excluding hydrogens is 298 g/mol. The number of methoxy groups -OCH3 is 1. The maximum Gasteiger partial charge on any atom is 0.257 e. The lowest BCUT2D eigenvalue weighted by Gasteiger charge is -2.32. The molecule has 3 N–H and O–H groups in total. The molecule has 7 heteroatoms. The molecule has 1 atom stereocenters. The van der Waals surface area contributed by atoms with Crippen LogP contribution in [0.3, 0.4) is 0 Å². The van der Waals surface area contributed by atoms with Gasteiger partial charge in [0.05, 0.1) is 18.1 Å². The van der Waals surface area contributed by atoms with E-state index in [0.29, 0.717) is 37.6 Å². The molecule has 1 aromatic rings. The van der Waals surface area contributed by atoms with Crippen molar-refractivity contribution in [1.82, 2.24) is 10.3 Å². The number of carbonyl (C=O) groups is 2. The number of hydrogen-bond donors (Lipinski definition) is 2. The summed E-state index contributed by atoms with van der Waals surface area (Å²) >= 11 is 0. The van der Waals surface area contributed by atoms with E-state index in [1.54, 1.807) is 30.2 Å². The quantitative estimate of drug-likeness (QED) is 0.345. The van der Waals surface area contributed by atoms with Gasteiger partial charge < -0.3 is 14.4 Å². The lowest BCUT2D eigenvalue weighted by molar-refractivity contribution is -0.126. The molecule has 0 radical (unpaired) electrons. The minimum Gasteiger partial charge on any atom is -0.490 e. The summed E-state index contributed by atoms with van der Waals surface area (Å²) in [5, 5.41) is 0. The number of ether oxygens (including phenoxy) is 2. The topological polar surface area (TPSA) is 93.9 Å². The van der Waals surface area contributed by atoms with Crippen LogP contribution < -0.4 is 16.0 Å². The largest absolute Gasteiger partial charge is 0.490 e. The lowest BCUT2D eigenvalue weighted by Crippen LogP contribution is -2.47. The standard InChI is InChI=1S/C16H23N3O4/c1-22-9-10-23-14-7-3-2-6-13(14)16(21)19-8-4-5-12(11-19)15(20)18-17/h2-3,6-7,12H,4-5,8-11,17H2,1H3,(H,18,20). The first-order chi connectivity index (χ1) is 11.2. The van der Waals surface area contributed by atoms with Gasteiger partial charge in [-0.1, -0.05) is 12.1 Å². The van der Waals surface area contributed by atoms with Gasteiger partial charge in [-0.15, -0.1) is 0 Å². The molecule has 1 heterocycles. The van der Waals surface area contributed by atoms with Gasteiger partial charge in [0, 0.05) is 20.2 Å². The fraction of sp³-hybridized carbons (Fsp3) is 0.500. The smallest absolute Gasteiger partial charge is 0.257 e. The first-order valence-electron chi connectivity index (χ1n) is 7.68. The van der Waals surface area contributed by atoms with Gasteiger partial charge in [0.25, 0.3) is 5.91 Å². The Morgan fingerprint density at radius 2 is 2.13 bits per heavy atom. The number of likely N-dealkylation sites (tertiary alicyclic amines) is 1. The second kappa shape index (κ2) is 8.50. The number of amides is 2. The highest BCUT2D eigenvalue weighted by Gasteiger charge is 2.29. The second-order valence-corrected chi connectivity index (χ2v) is 5.44. The molecule has 126 valence electrons. The lowest BCUT2D eigenvalue weighted by atomic mass is 9.96. The molecule has 23 heavy (non-hydrogen) atoms. The van der Waals surface area contributed by atoms with Gasteiger partial charge in [-0.05, 0) is 25.0 Å². The van der Waals surface area contributed by atoms with Gasteiger partial charge in [0.15, 0.2) is 0 Å². The average molecular weight is 321 g/mol. The number of nitrogens with two attached hydrogens (primary N) is 1. The summed E-state index contributed by atoms with van der Waals surface area (Å²) in [5.41, 5.74) is 2.66. The van der Waals surface area contributed by atoms with E-state index >= 15 is 0 Å². The average Bonchev–Trinajstić information content (AvgIpc) is 2.61. The predicted molar refractivity (Wildman–Crippen MR) is 84.8 cm³/mol. The van der Waals surface area contributed by atoms with Gasteiger partial charge in [0.2, 0.25) is 5.91 Å². The SMILES string of the molecule is COCCOc1ccccc1C(=O)N1CCCC(C(=O)NN)C1. The Morgan fingerprint density at radius 1 is 1.35 bits per heavy atom. The molecule has 7 nitrogen and oxygen atoms in total. The first-order valence-corrected chi connectivity index (χ1v) is 7.68. The monoisotopic (exact) mass is 321 g/mol. The summed E-state index contributed by atoms with van der Waals surface area (Å²) in [4.78, 5) is 26.1. The van der Waals surface area contributed by atoms with Crippen LogP contribution >= 0.6 is 0 Å². The van der Waals surface area contributed by atoms with Crippen molar-refractivity contribution in [2.75, 3.05) is 33.4 Å². The number of benzene rings is 1. The zero-order chi connectivity index (χ0) is 16.7. The first kappa shape index (κ1) is 17.2. The molecule has 1 fully saturated rings. The molecule has 2 amide bonds. The van der Waals surface area contributed by atoms with E-state index in [2.05, 4.69) is 5.43 Å². The molecule has 1 unspecified atom stereocenters. The van der Waals surface area contributed by atoms with Crippen molar-refractivity contribution >= 4 is 11.8 Å². The number of piperidine rings is 1. The van der Waals surface area contributed by atoms with E-state index in [4.69, 9.17) is 15.3 Å². The van der Waals surface area contributed by atoms with Crippen molar-refractivity contribution < 1.29 is 19.1 Å². The molecule has 0 aliphatic carbocycles. The maximum absolute atomic E-state index is 12.8. The number of nitrogens with one attached hydrogen (secondary N) is 1. The molecule has 1 aliphatic rings. The molecular formula is C16H23N3O4. The second-order valence-electron chi connectivity index (χ2n) is 5.44. The molecule has 1 saturated heterocycles. The molecule has 0 aromatic heterocycles. The van der Waals surface area contributed by atoms with Crippen LogP contribution in [-0.2, 0) is 9.53 Å². The minimum atomic E-state index is -0.265. The third-order valence-electron chi connectivity index (χ3n) is 3.88. The molecule has 1 aliphatic heterocycles. The fourth-order valence-corrected chi connectivity index (χ4v) is 2.67. The summed E-state index contributed by atoms with van der Waals surface area (Å²) < 4.78 is 10.6. The van der Waals surface area contributed by atoms with Crippen molar-refractivity contribution in [3.8, 4) is 5.75 Å². The van der Waals surface area contributed by atoms with Gasteiger partial charge in [-0.2, -0.15) is 0 Å². The van der Waals surface area contributed by atoms with Crippen LogP contribution in [0.5, 0.6) is 5.75 Å². The fourth-order valence-electron chi connectivity index (χ4n) is 2.67. The zero-order valence-electron chi connectivity index (χ0n) is 13.3. The number of nitrogens with zero attached hydrogens (tertiary/aromatic N) is 1. The molecule has 1 aromatic carbocycles. The van der Waals surface area contributed by atoms with E-state index in [1.165, 1.54) is 0 Å². The highest BCUT2D eigenvalue weighted by Crippen LogP contribution is 2.23. The Kier molecular flexibility index (Phi) is 6.37. The number of hydrazine groups is 1. The Labute approximate surface area is 135 Å². The van der Waals surface area contributed by atoms with Crippen molar-refractivity contribution in [1.29, 1.82) is 0 Å². The molecule has 0 saturated carbocycles. The van der Waals surface area contributed by atoms with Crippen molar-refractivity contribution in [3.63, 3.8) is 0 Å². The highest BCUT2D eigenvalue weighted by molar-refractivity contribution is 5.97. The molecule has 0 spiro atoms. The van der Waals surface area contributed by atoms with Crippen molar-refractivity contribution in [2.24, 2.45) is 11.8 Å². The normalized spacial score (nSPS) is 17.7. The number of rotatable bonds is 6. The molecule has 0 bridgehead atoms. The Morgan fingerprint density at radius 3 is 2.87 bits per heavy atom. The van der Waals surface area contributed by atoms with Crippen molar-refractivity contribution in [2.45, 2.75) is 12.8 Å². The van der Waals surface area contributed by atoms with Crippen LogP contribution in [0, 0.1) is 5.92 Å². The van der Waals surface area contributed by atoms with E-state index in [1.807, 2.05) is 6.07 Å². The predicted octanol–water partition coefficient (Wildman–Crippen LogP) is 0.554. The summed E-state index contributed by atoms with van der Waals surface area (Å²) in [7, 11) is 1.59. The Hall–Kier alpha value is -2.12. The number of hydrogen-bond acceptors (Lipinski definition) is 5. The summed E-state index contributed by atoms with van der Waals surface area (Å²) in [6.45, 7) is 1.82. The summed E-state index contributed by atoms with van der Waals surface area (Å²) in [6.07, 6.45) is 1.51. The number of para-hydroxylation sites is 1. The summed E-state index contributed by atoms with van der Waals surface area (Å²) in [6, 6.07) is 7.11. The van der Waals surface area contributed by atoms with Crippen LogP contribution in [0.15, 0.2) is 24.3 Å². The Balaban J connectivity index is 2.08. The minimum absolute atomic E-state index is 0.132. The van der Waals surface area contributed by atoms with Crippen LogP contribution in [0.1, 0.15) is 23.2 Å². The van der Waals surface area contributed by atoms with Gasteiger partial charge in [-0.3, -0.25) is 15.0 Å². The molecule has 2 rings (SSSR count). The highest BCUT2D eigenvalue weighted by atomic mass is 16.5.